The molecule has 0 aliphatic rings. The lowest BCUT2D eigenvalue weighted by molar-refractivity contribution is -0.384. The molecule has 3 rings (SSSR count). The van der Waals surface area contributed by atoms with Crippen LogP contribution in [0.4, 0.5) is 18.9 Å². The monoisotopic (exact) mass is 429 g/mol. The molecular formula is C20H14F3N5O3. The van der Waals surface area contributed by atoms with Gasteiger partial charge in [-0.3, -0.25) is 14.9 Å². The number of nitrogens with zero attached hydrogens (tertiary/aromatic N) is 4. The standard InChI is InChI=1S/C20H14F3N5O3/c1-12-11-27(16-7-4-14(9-24)17(8-16)20(21,22)23)26-18(12)10-25-19(29)13-2-5-15(6-3-13)28(30)31/h2-8,11H,10H2,1H3,(H,25,29). The number of aromatic nitrogens is 2. The molecule has 1 amide bonds. The highest BCUT2D eigenvalue weighted by molar-refractivity contribution is 5.94. The van der Waals surface area contributed by atoms with Crippen molar-refractivity contribution in [2.75, 3.05) is 0 Å². The summed E-state index contributed by atoms with van der Waals surface area (Å²) in [5, 5.41) is 26.4. The average molecular weight is 429 g/mol. The predicted octanol–water partition coefficient (Wildman–Crippen LogP) is 3.91. The highest BCUT2D eigenvalue weighted by Crippen LogP contribution is 2.33. The normalized spacial score (nSPS) is 11.1. The van der Waals surface area contributed by atoms with Crippen molar-refractivity contribution in [3.63, 3.8) is 0 Å². The molecule has 1 N–H and O–H groups in total. The van der Waals surface area contributed by atoms with Crippen LogP contribution in [0.15, 0.2) is 48.7 Å². The van der Waals surface area contributed by atoms with Gasteiger partial charge in [-0.2, -0.15) is 23.5 Å². The van der Waals surface area contributed by atoms with Gasteiger partial charge in [0.1, 0.15) is 0 Å². The molecule has 0 aliphatic carbocycles. The Morgan fingerprint density at radius 3 is 2.52 bits per heavy atom. The summed E-state index contributed by atoms with van der Waals surface area (Å²) in [6, 6.07) is 9.82. The van der Waals surface area contributed by atoms with E-state index in [0.29, 0.717) is 11.3 Å². The molecule has 2 aromatic carbocycles. The van der Waals surface area contributed by atoms with Crippen molar-refractivity contribution in [2.45, 2.75) is 19.6 Å². The van der Waals surface area contributed by atoms with Gasteiger partial charge < -0.3 is 5.32 Å². The lowest BCUT2D eigenvalue weighted by Crippen LogP contribution is -2.23. The minimum Gasteiger partial charge on any atom is -0.346 e. The van der Waals surface area contributed by atoms with Crippen LogP contribution in [0.1, 0.15) is 32.7 Å². The van der Waals surface area contributed by atoms with Gasteiger partial charge in [0.2, 0.25) is 0 Å². The maximum absolute atomic E-state index is 13.2. The molecule has 0 fully saturated rings. The number of nitriles is 1. The van der Waals surface area contributed by atoms with Crippen molar-refractivity contribution in [1.29, 1.82) is 5.26 Å². The number of carbonyl (C=O) groups is 1. The zero-order valence-corrected chi connectivity index (χ0v) is 16.0. The van der Waals surface area contributed by atoms with E-state index in [4.69, 9.17) is 5.26 Å². The fourth-order valence-electron chi connectivity index (χ4n) is 2.81. The molecule has 0 saturated heterocycles. The summed E-state index contributed by atoms with van der Waals surface area (Å²) in [6.07, 6.45) is -3.18. The maximum Gasteiger partial charge on any atom is 0.417 e. The molecule has 0 bridgehead atoms. The highest BCUT2D eigenvalue weighted by Gasteiger charge is 2.34. The van der Waals surface area contributed by atoms with Gasteiger partial charge in [-0.1, -0.05) is 0 Å². The minimum absolute atomic E-state index is 0.00292. The van der Waals surface area contributed by atoms with Crippen LogP contribution < -0.4 is 5.32 Å². The second-order valence-corrected chi connectivity index (χ2v) is 6.53. The van der Waals surface area contributed by atoms with Crippen molar-refractivity contribution in [3.8, 4) is 11.8 Å². The number of hydrogen-bond donors (Lipinski definition) is 1. The highest BCUT2D eigenvalue weighted by atomic mass is 19.4. The van der Waals surface area contributed by atoms with Gasteiger partial charge >= 0.3 is 6.18 Å². The van der Waals surface area contributed by atoms with E-state index in [0.717, 1.165) is 12.1 Å². The van der Waals surface area contributed by atoms with Gasteiger partial charge in [0, 0.05) is 23.9 Å². The van der Waals surface area contributed by atoms with E-state index in [1.54, 1.807) is 6.92 Å². The fraction of sp³-hybridized carbons (Fsp3) is 0.150. The lowest BCUT2D eigenvalue weighted by Gasteiger charge is -2.10. The molecule has 8 nitrogen and oxygen atoms in total. The van der Waals surface area contributed by atoms with Crippen LogP contribution in [0.2, 0.25) is 0 Å². The summed E-state index contributed by atoms with van der Waals surface area (Å²) in [5.41, 5.74) is -0.321. The molecule has 1 heterocycles. The molecule has 0 spiro atoms. The number of alkyl halides is 3. The summed E-state index contributed by atoms with van der Waals surface area (Å²) in [7, 11) is 0. The number of carbonyl (C=O) groups excluding carboxylic acids is 1. The molecule has 158 valence electrons. The number of nitro groups is 1. The largest absolute Gasteiger partial charge is 0.417 e. The van der Waals surface area contributed by atoms with Crippen LogP contribution in [0.25, 0.3) is 5.69 Å². The topological polar surface area (TPSA) is 114 Å². The predicted molar refractivity (Wildman–Crippen MR) is 102 cm³/mol. The van der Waals surface area contributed by atoms with Gasteiger partial charge in [-0.05, 0) is 42.8 Å². The van der Waals surface area contributed by atoms with Gasteiger partial charge in [0.15, 0.2) is 0 Å². The Hall–Kier alpha value is -4.20. The van der Waals surface area contributed by atoms with Crippen LogP contribution >= 0.6 is 0 Å². The first-order chi connectivity index (χ1) is 14.6. The zero-order chi connectivity index (χ0) is 22.8. The van der Waals surface area contributed by atoms with Gasteiger partial charge in [0.05, 0.1) is 40.0 Å². The van der Waals surface area contributed by atoms with E-state index >= 15 is 0 Å². The number of halogens is 3. The van der Waals surface area contributed by atoms with Crippen molar-refractivity contribution >= 4 is 11.6 Å². The van der Waals surface area contributed by atoms with E-state index in [-0.39, 0.29) is 23.5 Å². The van der Waals surface area contributed by atoms with Crippen LogP contribution in [-0.4, -0.2) is 20.6 Å². The third-order valence-corrected chi connectivity index (χ3v) is 4.45. The average Bonchev–Trinajstić information content (AvgIpc) is 3.11. The molecule has 0 atom stereocenters. The SMILES string of the molecule is Cc1cn(-c2ccc(C#N)c(C(F)(F)F)c2)nc1CNC(=O)c1ccc([N+](=O)[O-])cc1. The number of amides is 1. The Bertz CT molecular complexity index is 1190. The van der Waals surface area contributed by atoms with Gasteiger partial charge in [-0.15, -0.1) is 0 Å². The number of nitro benzene ring substituents is 1. The Balaban J connectivity index is 1.78. The van der Waals surface area contributed by atoms with Crippen molar-refractivity contribution in [3.05, 3.63) is 86.7 Å². The first-order valence-electron chi connectivity index (χ1n) is 8.79. The van der Waals surface area contributed by atoms with E-state index < -0.39 is 28.1 Å². The third-order valence-electron chi connectivity index (χ3n) is 4.45. The summed E-state index contributed by atoms with van der Waals surface area (Å²) in [5.74, 6) is -0.485. The van der Waals surface area contributed by atoms with Crippen molar-refractivity contribution < 1.29 is 22.9 Å². The summed E-state index contributed by atoms with van der Waals surface area (Å²) in [6.45, 7) is 1.68. The first-order valence-corrected chi connectivity index (χ1v) is 8.79. The van der Waals surface area contributed by atoms with Crippen LogP contribution in [0.5, 0.6) is 0 Å². The van der Waals surface area contributed by atoms with Crippen LogP contribution in [-0.2, 0) is 12.7 Å². The summed E-state index contributed by atoms with van der Waals surface area (Å²) < 4.78 is 40.8. The molecule has 0 aliphatic heterocycles. The van der Waals surface area contributed by atoms with E-state index in [9.17, 15) is 28.1 Å². The van der Waals surface area contributed by atoms with E-state index in [2.05, 4.69) is 10.4 Å². The first kappa shape index (κ1) is 21.5. The summed E-state index contributed by atoms with van der Waals surface area (Å²) in [4.78, 5) is 22.3. The molecule has 1 aromatic heterocycles. The Labute approximate surface area is 173 Å². The van der Waals surface area contributed by atoms with Crippen molar-refractivity contribution in [1.82, 2.24) is 15.1 Å². The molecule has 31 heavy (non-hydrogen) atoms. The zero-order valence-electron chi connectivity index (χ0n) is 16.0. The Morgan fingerprint density at radius 2 is 1.94 bits per heavy atom. The second kappa shape index (κ2) is 8.27. The number of hydrogen-bond acceptors (Lipinski definition) is 5. The molecule has 3 aromatic rings. The number of rotatable bonds is 5. The molecule has 0 unspecified atom stereocenters. The number of non-ortho nitro benzene ring substituents is 1. The Morgan fingerprint density at radius 1 is 1.26 bits per heavy atom. The quantitative estimate of drug-likeness (QED) is 0.488. The molecule has 0 saturated carbocycles. The molecular weight excluding hydrogens is 415 g/mol. The van der Waals surface area contributed by atoms with Gasteiger partial charge in [-0.25, -0.2) is 4.68 Å². The van der Waals surface area contributed by atoms with Gasteiger partial charge in [0.25, 0.3) is 11.6 Å². The number of aryl methyl sites for hydroxylation is 1. The van der Waals surface area contributed by atoms with Crippen LogP contribution in [0, 0.1) is 28.4 Å². The van der Waals surface area contributed by atoms with Crippen molar-refractivity contribution in [2.24, 2.45) is 0 Å². The second-order valence-electron chi connectivity index (χ2n) is 6.53. The molecule has 0 radical (unpaired) electrons. The minimum atomic E-state index is -4.69. The fourth-order valence-corrected chi connectivity index (χ4v) is 2.81. The van der Waals surface area contributed by atoms with E-state index in [1.165, 1.54) is 47.3 Å². The lowest BCUT2D eigenvalue weighted by atomic mass is 10.1. The third kappa shape index (κ3) is 4.69. The summed E-state index contributed by atoms with van der Waals surface area (Å²) >= 11 is 0. The van der Waals surface area contributed by atoms with Crippen LogP contribution in [0.3, 0.4) is 0 Å². The Kier molecular flexibility index (Phi) is 5.74. The number of benzene rings is 2. The van der Waals surface area contributed by atoms with E-state index in [1.807, 2.05) is 0 Å². The maximum atomic E-state index is 13.2. The smallest absolute Gasteiger partial charge is 0.346 e. The number of nitrogens with one attached hydrogen (secondary N) is 1. The molecule has 11 heteroatoms.